The van der Waals surface area contributed by atoms with Gasteiger partial charge in [0, 0.05) is 37.3 Å². The Labute approximate surface area is 157 Å². The molecular formula is C22H31N3O. The van der Waals surface area contributed by atoms with Crippen LogP contribution >= 0.6 is 0 Å². The molecule has 1 saturated carbocycles. The number of aromatic nitrogens is 1. The molecule has 0 saturated heterocycles. The molecule has 0 spiro atoms. The number of hydrogen-bond donors (Lipinski definition) is 0. The van der Waals surface area contributed by atoms with Gasteiger partial charge in [-0.3, -0.25) is 9.78 Å². The fraction of sp³-hybridized carbons (Fsp3) is 0.545. The maximum absolute atomic E-state index is 13.1. The number of rotatable bonds is 5. The van der Waals surface area contributed by atoms with Gasteiger partial charge in [-0.25, -0.2) is 0 Å². The van der Waals surface area contributed by atoms with Crippen LogP contribution in [0, 0.1) is 13.8 Å². The number of carbonyl (C=O) groups is 1. The van der Waals surface area contributed by atoms with E-state index in [1.165, 1.54) is 32.1 Å². The van der Waals surface area contributed by atoms with Crippen LogP contribution in [0.15, 0.2) is 24.3 Å². The van der Waals surface area contributed by atoms with Crippen molar-refractivity contribution in [3.63, 3.8) is 0 Å². The topological polar surface area (TPSA) is 36.4 Å². The van der Waals surface area contributed by atoms with Gasteiger partial charge in [-0.1, -0.05) is 30.9 Å². The molecule has 0 bridgehead atoms. The maximum Gasteiger partial charge on any atom is 0.254 e. The number of hydrogen-bond acceptors (Lipinski definition) is 3. The summed E-state index contributed by atoms with van der Waals surface area (Å²) in [4.78, 5) is 22.0. The molecule has 4 heteroatoms. The Morgan fingerprint density at radius 2 is 1.81 bits per heavy atom. The van der Waals surface area contributed by atoms with Crippen LogP contribution in [0.25, 0.3) is 10.9 Å². The predicted octanol–water partition coefficient (Wildman–Crippen LogP) is 4.19. The first-order valence-electron chi connectivity index (χ1n) is 9.79. The zero-order valence-corrected chi connectivity index (χ0v) is 16.6. The number of likely N-dealkylation sites (N-methyl/N-ethyl adjacent to an activating group) is 2. The zero-order chi connectivity index (χ0) is 18.7. The van der Waals surface area contributed by atoms with Crippen molar-refractivity contribution in [2.24, 2.45) is 0 Å². The van der Waals surface area contributed by atoms with E-state index in [2.05, 4.69) is 29.9 Å². The fourth-order valence-corrected chi connectivity index (χ4v) is 3.97. The first kappa shape index (κ1) is 18.8. The summed E-state index contributed by atoms with van der Waals surface area (Å²) < 4.78 is 0. The molecule has 26 heavy (non-hydrogen) atoms. The van der Waals surface area contributed by atoms with Gasteiger partial charge in [0.05, 0.1) is 11.1 Å². The molecule has 1 heterocycles. The van der Waals surface area contributed by atoms with E-state index in [9.17, 15) is 4.79 Å². The third-order valence-electron chi connectivity index (χ3n) is 5.66. The molecule has 0 unspecified atom stereocenters. The Morgan fingerprint density at radius 3 is 2.54 bits per heavy atom. The van der Waals surface area contributed by atoms with Crippen LogP contribution in [0.3, 0.4) is 0 Å². The lowest BCUT2D eigenvalue weighted by Crippen LogP contribution is -2.40. The van der Waals surface area contributed by atoms with Gasteiger partial charge in [-0.05, 0) is 51.9 Å². The van der Waals surface area contributed by atoms with Crippen LogP contribution in [-0.4, -0.2) is 53.9 Å². The van der Waals surface area contributed by atoms with Crippen LogP contribution in [-0.2, 0) is 0 Å². The van der Waals surface area contributed by atoms with E-state index >= 15 is 0 Å². The largest absolute Gasteiger partial charge is 0.340 e. The predicted molar refractivity (Wildman–Crippen MR) is 108 cm³/mol. The zero-order valence-electron chi connectivity index (χ0n) is 16.6. The first-order valence-corrected chi connectivity index (χ1v) is 9.79. The van der Waals surface area contributed by atoms with Crippen LogP contribution in [0.1, 0.15) is 53.7 Å². The summed E-state index contributed by atoms with van der Waals surface area (Å²) in [5, 5.41) is 0.952. The average molecular weight is 354 g/mol. The maximum atomic E-state index is 13.1. The number of aryl methyl sites for hydroxylation is 2. The molecule has 4 nitrogen and oxygen atoms in total. The Bertz CT molecular complexity index is 780. The number of fused-ring (bicyclic) bond motifs is 1. The summed E-state index contributed by atoms with van der Waals surface area (Å²) in [7, 11) is 4.11. The van der Waals surface area contributed by atoms with Crippen LogP contribution in [0.5, 0.6) is 0 Å². The van der Waals surface area contributed by atoms with Crippen LogP contribution in [0.4, 0.5) is 0 Å². The summed E-state index contributed by atoms with van der Waals surface area (Å²) in [5.74, 6) is 0.0862. The van der Waals surface area contributed by atoms with E-state index in [4.69, 9.17) is 0 Å². The Hall–Kier alpha value is -1.94. The highest BCUT2D eigenvalue weighted by atomic mass is 16.2. The minimum atomic E-state index is 0.0862. The Morgan fingerprint density at radius 1 is 1.08 bits per heavy atom. The van der Waals surface area contributed by atoms with Crippen LogP contribution in [0.2, 0.25) is 0 Å². The summed E-state index contributed by atoms with van der Waals surface area (Å²) in [6, 6.07) is 8.72. The molecule has 0 N–H and O–H groups in total. The summed E-state index contributed by atoms with van der Waals surface area (Å²) in [6.45, 7) is 5.68. The van der Waals surface area contributed by atoms with Crippen molar-refractivity contribution in [2.75, 3.05) is 27.2 Å². The van der Waals surface area contributed by atoms with Gasteiger partial charge >= 0.3 is 0 Å². The molecule has 3 rings (SSSR count). The normalized spacial score (nSPS) is 15.6. The van der Waals surface area contributed by atoms with Crippen molar-refractivity contribution >= 4 is 16.8 Å². The van der Waals surface area contributed by atoms with E-state index in [0.717, 1.165) is 40.8 Å². The molecular weight excluding hydrogens is 322 g/mol. The monoisotopic (exact) mass is 353 g/mol. The second-order valence-corrected chi connectivity index (χ2v) is 7.83. The van der Waals surface area contributed by atoms with Crippen molar-refractivity contribution in [3.05, 3.63) is 41.1 Å². The second-order valence-electron chi connectivity index (χ2n) is 7.83. The van der Waals surface area contributed by atoms with Crippen molar-refractivity contribution in [1.82, 2.24) is 14.8 Å². The highest BCUT2D eigenvalue weighted by Gasteiger charge is 2.20. The van der Waals surface area contributed by atoms with E-state index in [-0.39, 0.29) is 5.91 Å². The lowest BCUT2D eigenvalue weighted by atomic mass is 9.94. The molecule has 1 aliphatic rings. The van der Waals surface area contributed by atoms with Gasteiger partial charge in [-0.2, -0.15) is 0 Å². The average Bonchev–Trinajstić information content (AvgIpc) is 2.65. The highest BCUT2D eigenvalue weighted by Crippen LogP contribution is 2.23. The van der Waals surface area contributed by atoms with E-state index < -0.39 is 0 Å². The van der Waals surface area contributed by atoms with Gasteiger partial charge in [0.1, 0.15) is 0 Å². The third kappa shape index (κ3) is 4.24. The van der Waals surface area contributed by atoms with Gasteiger partial charge in [0.25, 0.3) is 5.91 Å². The summed E-state index contributed by atoms with van der Waals surface area (Å²) in [5.41, 5.74) is 3.69. The summed E-state index contributed by atoms with van der Waals surface area (Å²) >= 11 is 0. The molecule has 0 radical (unpaired) electrons. The number of amides is 1. The number of pyridine rings is 1. The second kappa shape index (κ2) is 8.17. The minimum Gasteiger partial charge on any atom is -0.340 e. The van der Waals surface area contributed by atoms with E-state index in [1.54, 1.807) is 0 Å². The lowest BCUT2D eigenvalue weighted by molar-refractivity contribution is 0.0769. The molecule has 140 valence electrons. The standard InChI is InChI=1S/C22H31N3O/c1-16-10-11-21-19(14-16)20(15-17(2)23-21)22(26)25(4)13-12-24(3)18-8-6-5-7-9-18/h10-11,14-15,18H,5-9,12-13H2,1-4H3. The Balaban J connectivity index is 1.72. The number of nitrogens with zero attached hydrogens (tertiary/aromatic N) is 3. The number of benzene rings is 1. The molecule has 1 fully saturated rings. The highest BCUT2D eigenvalue weighted by molar-refractivity contribution is 6.06. The molecule has 0 atom stereocenters. The van der Waals surface area contributed by atoms with E-state index in [0.29, 0.717) is 6.04 Å². The molecule has 2 aromatic rings. The van der Waals surface area contributed by atoms with Crippen molar-refractivity contribution in [2.45, 2.75) is 52.0 Å². The fourth-order valence-electron chi connectivity index (χ4n) is 3.97. The minimum absolute atomic E-state index is 0.0862. The van der Waals surface area contributed by atoms with Gasteiger partial charge in [0.15, 0.2) is 0 Å². The molecule has 1 aliphatic carbocycles. The molecule has 1 amide bonds. The molecule has 1 aromatic carbocycles. The lowest BCUT2D eigenvalue weighted by Gasteiger charge is -2.32. The number of carbonyl (C=O) groups excluding carboxylic acids is 1. The van der Waals surface area contributed by atoms with Gasteiger partial charge < -0.3 is 9.80 Å². The van der Waals surface area contributed by atoms with Crippen LogP contribution < -0.4 is 0 Å². The smallest absolute Gasteiger partial charge is 0.254 e. The SMILES string of the molecule is Cc1ccc2nc(C)cc(C(=O)N(C)CCN(C)C3CCCCC3)c2c1. The van der Waals surface area contributed by atoms with Crippen molar-refractivity contribution < 1.29 is 4.79 Å². The first-order chi connectivity index (χ1) is 12.5. The molecule has 1 aromatic heterocycles. The summed E-state index contributed by atoms with van der Waals surface area (Å²) in [6.07, 6.45) is 6.64. The third-order valence-corrected chi connectivity index (χ3v) is 5.66. The van der Waals surface area contributed by atoms with Gasteiger partial charge in [0.2, 0.25) is 0 Å². The van der Waals surface area contributed by atoms with E-state index in [1.807, 2.05) is 37.1 Å². The Kier molecular flexibility index (Phi) is 5.92. The molecule has 0 aliphatic heterocycles. The van der Waals surface area contributed by atoms with Crippen molar-refractivity contribution in [3.8, 4) is 0 Å². The van der Waals surface area contributed by atoms with Gasteiger partial charge in [-0.15, -0.1) is 0 Å². The van der Waals surface area contributed by atoms with Crippen molar-refractivity contribution in [1.29, 1.82) is 0 Å². The quantitative estimate of drug-likeness (QED) is 0.809.